The molecule has 0 radical (unpaired) electrons. The van der Waals surface area contributed by atoms with Gasteiger partial charge in [0.2, 0.25) is 0 Å². The van der Waals surface area contributed by atoms with Crippen LogP contribution < -0.4 is 5.73 Å². The second kappa shape index (κ2) is 5.99. The number of anilines is 1. The maximum Gasteiger partial charge on any atom is 0.0644 e. The number of benzene rings is 3. The molecule has 0 saturated carbocycles. The van der Waals surface area contributed by atoms with Crippen LogP contribution in [0.5, 0.6) is 0 Å². The van der Waals surface area contributed by atoms with Gasteiger partial charge in [-0.25, -0.2) is 0 Å². The van der Waals surface area contributed by atoms with E-state index in [2.05, 4.69) is 79.4 Å². The van der Waals surface area contributed by atoms with Gasteiger partial charge in [-0.2, -0.15) is 0 Å². The van der Waals surface area contributed by atoms with Gasteiger partial charge in [-0.05, 0) is 70.3 Å². The fourth-order valence-electron chi connectivity index (χ4n) is 4.87. The van der Waals surface area contributed by atoms with Gasteiger partial charge >= 0.3 is 0 Å². The Morgan fingerprint density at radius 2 is 1.56 bits per heavy atom. The van der Waals surface area contributed by atoms with Crippen molar-refractivity contribution in [1.29, 1.82) is 0 Å². The maximum absolute atomic E-state index is 6.27. The first-order valence-corrected chi connectivity index (χ1v) is 9.63. The van der Waals surface area contributed by atoms with Gasteiger partial charge in [0.1, 0.15) is 0 Å². The highest BCUT2D eigenvalue weighted by Gasteiger charge is 2.41. The lowest BCUT2D eigenvalue weighted by molar-refractivity contribution is 0.720. The molecule has 3 aromatic carbocycles. The Labute approximate surface area is 160 Å². The van der Waals surface area contributed by atoms with Crippen LogP contribution in [0.25, 0.3) is 5.57 Å². The zero-order chi connectivity index (χ0) is 18.4. The standard InChI is InChI=1S/C26H23N/c1-18-8-6-7-15-26(24-12-5-3-10-22(18)24)23-11-4-2-9-19(23)16-20-13-14-21(27)17-25(20)26/h2-5,7,9-15,17H,1,6,8,16,27H2. The van der Waals surface area contributed by atoms with E-state index in [1.165, 1.54) is 39.0 Å². The molecule has 1 nitrogen and oxygen atoms in total. The number of allylic oxidation sites excluding steroid dienone is 3. The van der Waals surface area contributed by atoms with Gasteiger partial charge in [-0.3, -0.25) is 0 Å². The lowest BCUT2D eigenvalue weighted by Gasteiger charge is -2.41. The predicted octanol–water partition coefficient (Wildman–Crippen LogP) is 5.87. The molecule has 0 aromatic heterocycles. The fraction of sp³-hybridized carbons (Fsp3) is 0.154. The van der Waals surface area contributed by atoms with E-state index in [0.29, 0.717) is 0 Å². The van der Waals surface area contributed by atoms with E-state index in [1.807, 2.05) is 6.07 Å². The first-order chi connectivity index (χ1) is 13.2. The molecule has 0 amide bonds. The highest BCUT2D eigenvalue weighted by Crippen LogP contribution is 2.50. The molecule has 2 aliphatic rings. The molecule has 1 heteroatoms. The number of fused-ring (bicyclic) bond motifs is 6. The van der Waals surface area contributed by atoms with E-state index in [1.54, 1.807) is 0 Å². The lowest BCUT2D eigenvalue weighted by Crippen LogP contribution is -2.34. The molecule has 0 fully saturated rings. The van der Waals surface area contributed by atoms with E-state index >= 15 is 0 Å². The Kier molecular flexibility index (Phi) is 3.58. The zero-order valence-corrected chi connectivity index (χ0v) is 15.4. The minimum atomic E-state index is -0.320. The minimum absolute atomic E-state index is 0.320. The van der Waals surface area contributed by atoms with Crippen LogP contribution in [0.1, 0.15) is 46.2 Å². The molecule has 3 aromatic rings. The second-order valence-corrected chi connectivity index (χ2v) is 7.65. The molecule has 27 heavy (non-hydrogen) atoms. The third-order valence-electron chi connectivity index (χ3n) is 6.10. The minimum Gasteiger partial charge on any atom is -0.399 e. The molecule has 0 heterocycles. The maximum atomic E-state index is 6.27. The van der Waals surface area contributed by atoms with Crippen molar-refractivity contribution < 1.29 is 0 Å². The molecular weight excluding hydrogens is 326 g/mol. The first kappa shape index (κ1) is 16.1. The summed E-state index contributed by atoms with van der Waals surface area (Å²) in [4.78, 5) is 0. The average molecular weight is 349 g/mol. The second-order valence-electron chi connectivity index (χ2n) is 7.65. The smallest absolute Gasteiger partial charge is 0.0644 e. The Bertz CT molecular complexity index is 1090. The number of hydrogen-bond donors (Lipinski definition) is 1. The molecule has 0 aliphatic heterocycles. The normalized spacial score (nSPS) is 20.4. The van der Waals surface area contributed by atoms with Crippen LogP contribution in [0.3, 0.4) is 0 Å². The van der Waals surface area contributed by atoms with Crippen LogP contribution in [0.2, 0.25) is 0 Å². The molecule has 2 aliphatic carbocycles. The van der Waals surface area contributed by atoms with Crippen LogP contribution in [0.15, 0.2) is 85.5 Å². The van der Waals surface area contributed by atoms with Gasteiger partial charge in [0.25, 0.3) is 0 Å². The summed E-state index contributed by atoms with van der Waals surface area (Å²) in [5.74, 6) is 0. The lowest BCUT2D eigenvalue weighted by atomic mass is 9.61. The van der Waals surface area contributed by atoms with Crippen molar-refractivity contribution >= 4 is 11.3 Å². The van der Waals surface area contributed by atoms with Gasteiger partial charge < -0.3 is 5.73 Å². The van der Waals surface area contributed by atoms with Crippen molar-refractivity contribution in [2.45, 2.75) is 24.7 Å². The molecule has 132 valence electrons. The van der Waals surface area contributed by atoms with E-state index in [0.717, 1.165) is 24.9 Å². The van der Waals surface area contributed by atoms with Crippen molar-refractivity contribution in [2.24, 2.45) is 0 Å². The SMILES string of the molecule is C=C1CCC=CC2(c3ccccc3Cc3ccc(N)cc32)c2ccccc21. The Morgan fingerprint density at radius 3 is 2.44 bits per heavy atom. The summed E-state index contributed by atoms with van der Waals surface area (Å²) in [6, 6.07) is 24.0. The summed E-state index contributed by atoms with van der Waals surface area (Å²) < 4.78 is 0. The Hall–Kier alpha value is -3.06. The molecule has 2 N–H and O–H groups in total. The predicted molar refractivity (Wildman–Crippen MR) is 114 cm³/mol. The number of rotatable bonds is 0. The van der Waals surface area contributed by atoms with Gasteiger partial charge in [0.15, 0.2) is 0 Å². The van der Waals surface area contributed by atoms with Gasteiger partial charge in [-0.15, -0.1) is 0 Å². The third-order valence-corrected chi connectivity index (χ3v) is 6.10. The molecule has 1 unspecified atom stereocenters. The highest BCUT2D eigenvalue weighted by molar-refractivity contribution is 5.75. The molecule has 1 spiro atoms. The highest BCUT2D eigenvalue weighted by atomic mass is 14.6. The van der Waals surface area contributed by atoms with Crippen molar-refractivity contribution in [1.82, 2.24) is 0 Å². The molecular formula is C26H23N. The van der Waals surface area contributed by atoms with Crippen molar-refractivity contribution in [3.8, 4) is 0 Å². The number of hydrogen-bond acceptors (Lipinski definition) is 1. The molecule has 1 atom stereocenters. The molecule has 0 saturated heterocycles. The van der Waals surface area contributed by atoms with Crippen molar-refractivity contribution in [2.75, 3.05) is 5.73 Å². The van der Waals surface area contributed by atoms with E-state index in [-0.39, 0.29) is 5.41 Å². The summed E-state index contributed by atoms with van der Waals surface area (Å²) in [6.45, 7) is 4.41. The van der Waals surface area contributed by atoms with Gasteiger partial charge in [0.05, 0.1) is 5.41 Å². The fourth-order valence-corrected chi connectivity index (χ4v) is 4.87. The quantitative estimate of drug-likeness (QED) is 0.398. The number of nitrogens with two attached hydrogens (primary N) is 1. The topological polar surface area (TPSA) is 26.0 Å². The van der Waals surface area contributed by atoms with Crippen LogP contribution >= 0.6 is 0 Å². The van der Waals surface area contributed by atoms with Crippen LogP contribution in [-0.2, 0) is 11.8 Å². The van der Waals surface area contributed by atoms with Crippen molar-refractivity contribution in [3.63, 3.8) is 0 Å². The largest absolute Gasteiger partial charge is 0.399 e. The summed E-state index contributed by atoms with van der Waals surface area (Å²) in [5.41, 5.74) is 16.0. The van der Waals surface area contributed by atoms with E-state index in [4.69, 9.17) is 5.73 Å². The van der Waals surface area contributed by atoms with Crippen LogP contribution in [0.4, 0.5) is 5.69 Å². The van der Waals surface area contributed by atoms with Gasteiger partial charge in [-0.1, -0.05) is 73.3 Å². The summed E-state index contributed by atoms with van der Waals surface area (Å²) in [7, 11) is 0. The molecule has 5 rings (SSSR count). The summed E-state index contributed by atoms with van der Waals surface area (Å²) in [5, 5.41) is 0. The van der Waals surface area contributed by atoms with Crippen LogP contribution in [0, 0.1) is 0 Å². The molecule has 0 bridgehead atoms. The number of nitrogen functional groups attached to an aromatic ring is 1. The van der Waals surface area contributed by atoms with E-state index in [9.17, 15) is 0 Å². The van der Waals surface area contributed by atoms with Crippen LogP contribution in [-0.4, -0.2) is 0 Å². The third kappa shape index (κ3) is 2.31. The summed E-state index contributed by atoms with van der Waals surface area (Å²) in [6.07, 6.45) is 7.69. The summed E-state index contributed by atoms with van der Waals surface area (Å²) >= 11 is 0. The van der Waals surface area contributed by atoms with E-state index < -0.39 is 0 Å². The Balaban J connectivity index is 1.95. The monoisotopic (exact) mass is 349 g/mol. The first-order valence-electron chi connectivity index (χ1n) is 9.63. The Morgan fingerprint density at radius 1 is 0.815 bits per heavy atom. The average Bonchev–Trinajstić information content (AvgIpc) is 2.69. The zero-order valence-electron chi connectivity index (χ0n) is 15.4. The van der Waals surface area contributed by atoms with Crippen molar-refractivity contribution in [3.05, 3.63) is 119 Å². The van der Waals surface area contributed by atoms with Gasteiger partial charge in [0, 0.05) is 5.69 Å².